The van der Waals surface area contributed by atoms with Crippen LogP contribution in [0.15, 0.2) is 60.8 Å². The molecule has 0 aliphatic heterocycles. The van der Waals surface area contributed by atoms with Crippen LogP contribution in [0.25, 0.3) is 0 Å². The molecule has 0 spiro atoms. The molecule has 152 valence electrons. The molecule has 0 saturated carbocycles. The van der Waals surface area contributed by atoms with Crippen molar-refractivity contribution in [3.05, 3.63) is 60.8 Å². The first-order chi connectivity index (χ1) is 13.0. The molecule has 0 radical (unpaired) electrons. The van der Waals surface area contributed by atoms with E-state index in [1.807, 2.05) is 19.1 Å². The van der Waals surface area contributed by atoms with E-state index in [4.69, 9.17) is 5.11 Å². The third-order valence-electron chi connectivity index (χ3n) is 3.76. The molecule has 4 N–H and O–H groups in total. The molecule has 3 unspecified atom stereocenters. The molecule has 0 heterocycles. The number of unbranched alkanes of at least 4 members (excludes halogenated alkanes) is 2. The van der Waals surface area contributed by atoms with Crippen LogP contribution in [0.1, 0.15) is 51.9 Å². The van der Waals surface area contributed by atoms with Gasteiger partial charge in [-0.1, -0.05) is 80.5 Å². The number of rotatable bonds is 15. The highest BCUT2D eigenvalue weighted by molar-refractivity contribution is 5.66. The number of allylic oxidation sites excluding steroid dienone is 7. The van der Waals surface area contributed by atoms with Gasteiger partial charge in [0.1, 0.15) is 0 Å². The van der Waals surface area contributed by atoms with Crippen LogP contribution in [0.4, 0.5) is 0 Å². The quantitative estimate of drug-likeness (QED) is 0.198. The summed E-state index contributed by atoms with van der Waals surface area (Å²) in [7, 11) is 0. The van der Waals surface area contributed by atoms with Gasteiger partial charge in [-0.2, -0.15) is 0 Å². The normalized spacial score (nSPS) is 16.3. The smallest absolute Gasteiger partial charge is 0.303 e. The minimum atomic E-state index is -0.898. The maximum absolute atomic E-state index is 10.4. The molecule has 0 aromatic rings. The van der Waals surface area contributed by atoms with Gasteiger partial charge in [0.05, 0.1) is 18.3 Å². The molecule has 0 rings (SSSR count). The summed E-state index contributed by atoms with van der Waals surface area (Å²) in [5.41, 5.74) is 0. The molecule has 5 nitrogen and oxygen atoms in total. The number of carboxylic acid groups (broad SMARTS) is 1. The van der Waals surface area contributed by atoms with E-state index >= 15 is 0 Å². The molecule has 0 aliphatic rings. The lowest BCUT2D eigenvalue weighted by molar-refractivity contribution is -0.137. The van der Waals surface area contributed by atoms with Crippen LogP contribution in [0.2, 0.25) is 0 Å². The molecule has 0 bridgehead atoms. The summed E-state index contributed by atoms with van der Waals surface area (Å²) in [5.74, 6) is -0.779. The highest BCUT2D eigenvalue weighted by Crippen LogP contribution is 2.07. The SMILES string of the molecule is CC/C=C\CC(O)C(O)/C=C/C=C/C=CC=CC(O)CCCCCC(=O)O. The predicted octanol–water partition coefficient (Wildman–Crippen LogP) is 3.69. The van der Waals surface area contributed by atoms with Crippen LogP contribution >= 0.6 is 0 Å². The molecular formula is C22H34O5. The standard InChI is InChI=1S/C22H34O5/c1-2-3-9-16-20(24)21(25)17-12-7-5-4-6-10-14-19(23)15-11-8-13-18-22(26)27/h3-7,9-10,12,14,17,19-21,23-25H,2,8,11,13,15-16,18H2,1H3,(H,26,27)/b6-4?,7-5+,9-3-,14-10?,17-12+. The zero-order chi connectivity index (χ0) is 20.3. The van der Waals surface area contributed by atoms with E-state index in [0.717, 1.165) is 19.3 Å². The van der Waals surface area contributed by atoms with Crippen LogP contribution in [-0.2, 0) is 4.79 Å². The Labute approximate surface area is 162 Å². The molecule has 27 heavy (non-hydrogen) atoms. The first-order valence-corrected chi connectivity index (χ1v) is 9.56. The van der Waals surface area contributed by atoms with E-state index in [1.165, 1.54) is 0 Å². The van der Waals surface area contributed by atoms with Gasteiger partial charge in [0, 0.05) is 6.42 Å². The van der Waals surface area contributed by atoms with Crippen LogP contribution in [0.3, 0.4) is 0 Å². The van der Waals surface area contributed by atoms with Gasteiger partial charge in [-0.15, -0.1) is 0 Å². The second-order valence-corrected chi connectivity index (χ2v) is 6.27. The van der Waals surface area contributed by atoms with E-state index in [0.29, 0.717) is 19.3 Å². The Bertz CT molecular complexity index is 517. The Balaban J connectivity index is 3.94. The van der Waals surface area contributed by atoms with Crippen molar-refractivity contribution in [2.24, 2.45) is 0 Å². The minimum absolute atomic E-state index is 0.182. The summed E-state index contributed by atoms with van der Waals surface area (Å²) in [6.07, 6.45) is 19.8. The fraction of sp³-hybridized carbons (Fsp3) is 0.500. The number of carboxylic acids is 1. The fourth-order valence-electron chi connectivity index (χ4n) is 2.20. The number of aliphatic hydroxyl groups excluding tert-OH is 3. The molecule has 0 aromatic heterocycles. The van der Waals surface area contributed by atoms with E-state index in [-0.39, 0.29) is 6.42 Å². The number of aliphatic hydroxyl groups is 3. The summed E-state index contributed by atoms with van der Waals surface area (Å²) in [5, 5.41) is 37.8. The number of hydrogen-bond donors (Lipinski definition) is 4. The summed E-state index contributed by atoms with van der Waals surface area (Å²) in [6.45, 7) is 2.01. The lowest BCUT2D eigenvalue weighted by atomic mass is 10.1. The maximum Gasteiger partial charge on any atom is 0.303 e. The average molecular weight is 379 g/mol. The Hall–Kier alpha value is -1.95. The Morgan fingerprint density at radius 1 is 0.852 bits per heavy atom. The zero-order valence-electron chi connectivity index (χ0n) is 16.2. The topological polar surface area (TPSA) is 98.0 Å². The van der Waals surface area contributed by atoms with Gasteiger partial charge in [-0.3, -0.25) is 4.79 Å². The molecular weight excluding hydrogens is 344 g/mol. The molecule has 0 aromatic carbocycles. The van der Waals surface area contributed by atoms with Crippen molar-refractivity contribution >= 4 is 5.97 Å². The van der Waals surface area contributed by atoms with Crippen molar-refractivity contribution in [3.8, 4) is 0 Å². The minimum Gasteiger partial charge on any atom is -0.481 e. The molecule has 3 atom stereocenters. The van der Waals surface area contributed by atoms with Gasteiger partial charge in [0.2, 0.25) is 0 Å². The third-order valence-corrected chi connectivity index (χ3v) is 3.76. The van der Waals surface area contributed by atoms with Gasteiger partial charge in [-0.05, 0) is 25.7 Å². The summed E-state index contributed by atoms with van der Waals surface area (Å²) in [6, 6.07) is 0. The Morgan fingerprint density at radius 2 is 1.48 bits per heavy atom. The van der Waals surface area contributed by atoms with Crippen molar-refractivity contribution in [2.45, 2.75) is 70.2 Å². The summed E-state index contributed by atoms with van der Waals surface area (Å²) in [4.78, 5) is 10.4. The van der Waals surface area contributed by atoms with Gasteiger partial charge in [0.25, 0.3) is 0 Å². The Kier molecular flexibility index (Phi) is 16.2. The average Bonchev–Trinajstić information content (AvgIpc) is 2.63. The van der Waals surface area contributed by atoms with Crippen LogP contribution in [0, 0.1) is 0 Å². The number of aliphatic carboxylic acids is 1. The second-order valence-electron chi connectivity index (χ2n) is 6.27. The highest BCUT2D eigenvalue weighted by atomic mass is 16.4. The van der Waals surface area contributed by atoms with Crippen LogP contribution in [-0.4, -0.2) is 44.7 Å². The van der Waals surface area contributed by atoms with Crippen molar-refractivity contribution in [1.82, 2.24) is 0 Å². The van der Waals surface area contributed by atoms with Crippen molar-refractivity contribution in [3.63, 3.8) is 0 Å². The van der Waals surface area contributed by atoms with E-state index in [9.17, 15) is 20.1 Å². The van der Waals surface area contributed by atoms with Crippen molar-refractivity contribution in [2.75, 3.05) is 0 Å². The lowest BCUT2D eigenvalue weighted by Crippen LogP contribution is -2.22. The molecule has 0 fully saturated rings. The number of hydrogen-bond acceptors (Lipinski definition) is 4. The zero-order valence-corrected chi connectivity index (χ0v) is 16.2. The van der Waals surface area contributed by atoms with Gasteiger partial charge >= 0.3 is 5.97 Å². The molecule has 5 heteroatoms. The summed E-state index contributed by atoms with van der Waals surface area (Å²) < 4.78 is 0. The van der Waals surface area contributed by atoms with Crippen LogP contribution in [0.5, 0.6) is 0 Å². The van der Waals surface area contributed by atoms with Crippen molar-refractivity contribution < 1.29 is 25.2 Å². The van der Waals surface area contributed by atoms with Gasteiger partial charge < -0.3 is 20.4 Å². The maximum atomic E-state index is 10.4. The fourth-order valence-corrected chi connectivity index (χ4v) is 2.20. The largest absolute Gasteiger partial charge is 0.481 e. The first kappa shape index (κ1) is 25.1. The van der Waals surface area contributed by atoms with E-state index in [2.05, 4.69) is 0 Å². The van der Waals surface area contributed by atoms with Crippen molar-refractivity contribution in [1.29, 1.82) is 0 Å². The van der Waals surface area contributed by atoms with E-state index < -0.39 is 24.3 Å². The highest BCUT2D eigenvalue weighted by Gasteiger charge is 2.10. The van der Waals surface area contributed by atoms with Gasteiger partial charge in [0.15, 0.2) is 0 Å². The first-order valence-electron chi connectivity index (χ1n) is 9.56. The second kappa shape index (κ2) is 17.5. The monoisotopic (exact) mass is 378 g/mol. The summed E-state index contributed by atoms with van der Waals surface area (Å²) >= 11 is 0. The number of carbonyl (C=O) groups is 1. The predicted molar refractivity (Wildman–Crippen MR) is 109 cm³/mol. The van der Waals surface area contributed by atoms with E-state index in [1.54, 1.807) is 48.6 Å². The molecule has 0 amide bonds. The third kappa shape index (κ3) is 17.2. The van der Waals surface area contributed by atoms with Gasteiger partial charge in [-0.25, -0.2) is 0 Å². The molecule has 0 saturated heterocycles. The molecule has 0 aliphatic carbocycles. The lowest BCUT2D eigenvalue weighted by Gasteiger charge is -2.11. The van der Waals surface area contributed by atoms with Crippen LogP contribution < -0.4 is 0 Å². The Morgan fingerprint density at radius 3 is 2.11 bits per heavy atom.